The van der Waals surface area contributed by atoms with Crippen molar-refractivity contribution in [3.63, 3.8) is 0 Å². The third kappa shape index (κ3) is 10.1. The van der Waals surface area contributed by atoms with Crippen LogP contribution in [0.15, 0.2) is 48.6 Å². The molecule has 1 saturated heterocycles. The Kier molecular flexibility index (Phi) is 14.4. The quantitative estimate of drug-likeness (QED) is 0.0543. The van der Waals surface area contributed by atoms with Crippen molar-refractivity contribution in [1.82, 2.24) is 38.7 Å². The number of aliphatic hydroxyl groups is 1. The largest absolute Gasteiger partial charge is 0.494 e. The van der Waals surface area contributed by atoms with Crippen molar-refractivity contribution >= 4 is 57.6 Å². The highest BCUT2D eigenvalue weighted by atomic mass is 16.7. The smallest absolute Gasteiger partial charge is 0.276 e. The van der Waals surface area contributed by atoms with E-state index in [2.05, 4.69) is 25.8 Å². The molecule has 4 aromatic heterocycles. The zero-order chi connectivity index (χ0) is 47.2. The third-order valence-electron chi connectivity index (χ3n) is 10.8. The number of carbonyl (C=O) groups is 4. The highest BCUT2D eigenvalue weighted by Gasteiger charge is 2.31. The van der Waals surface area contributed by atoms with Crippen molar-refractivity contribution in [2.45, 2.75) is 85.2 Å². The fourth-order valence-corrected chi connectivity index (χ4v) is 7.79. The molecule has 0 saturated carbocycles. The molecule has 7 rings (SSSR count). The van der Waals surface area contributed by atoms with Crippen molar-refractivity contribution in [1.29, 1.82) is 0 Å². The molecule has 22 heteroatoms. The standard InChI is InChI=1S/C44H54N12O10/c1-7-55-31(16-24(3)51-55)40(60)49-43-47-29-18-26(38(45)58)20-33(62-5)36(29)53(43)12-9-10-13-54-37-30(48-44(54)50-41(61)32-17-25(4)52-56(32)8-2)19-27(39(46)59)21-34(37)64-14-11-15-65-35-22-28(57)23-66-42(35)63-6/h9-10,16-21,28,35,42,57H,7-8,11-15,22-23H2,1-6H3,(H2,45,58)(H2,46,59)(H,47,49,60)(H,48,50,61)/b10-9+. The van der Waals surface area contributed by atoms with Crippen LogP contribution in [-0.2, 0) is 40.4 Å². The maximum atomic E-state index is 13.9. The molecule has 5 heterocycles. The Morgan fingerprint density at radius 2 is 1.30 bits per heavy atom. The van der Waals surface area contributed by atoms with Crippen LogP contribution in [0.1, 0.15) is 79.8 Å². The van der Waals surface area contributed by atoms with Gasteiger partial charge in [-0.15, -0.1) is 0 Å². The molecule has 2 aromatic carbocycles. The summed E-state index contributed by atoms with van der Waals surface area (Å²) in [5.74, 6) is -1.45. The molecule has 0 radical (unpaired) electrons. The first-order chi connectivity index (χ1) is 31.7. The second-order valence-electron chi connectivity index (χ2n) is 15.5. The van der Waals surface area contributed by atoms with E-state index in [-0.39, 0.29) is 61.7 Å². The second kappa shape index (κ2) is 20.4. The van der Waals surface area contributed by atoms with Gasteiger partial charge in [-0.3, -0.25) is 39.2 Å². The van der Waals surface area contributed by atoms with Crippen LogP contribution < -0.4 is 31.6 Å². The van der Waals surface area contributed by atoms with Gasteiger partial charge in [-0.25, -0.2) is 9.97 Å². The molecule has 0 spiro atoms. The van der Waals surface area contributed by atoms with Crippen LogP contribution in [0.5, 0.6) is 11.5 Å². The Bertz CT molecular complexity index is 2800. The molecule has 1 fully saturated rings. The zero-order valence-electron chi connectivity index (χ0n) is 37.6. The summed E-state index contributed by atoms with van der Waals surface area (Å²) in [5, 5.41) is 24.7. The number of ether oxygens (including phenoxy) is 5. The molecule has 7 N–H and O–H groups in total. The third-order valence-corrected chi connectivity index (χ3v) is 10.8. The van der Waals surface area contributed by atoms with E-state index in [4.69, 9.17) is 40.1 Å². The first-order valence-corrected chi connectivity index (χ1v) is 21.4. The van der Waals surface area contributed by atoms with Gasteiger partial charge < -0.3 is 49.4 Å². The number of allylic oxidation sites excluding steroid dienone is 2. The molecule has 6 aromatic rings. The molecule has 0 aliphatic carbocycles. The number of anilines is 2. The number of carbonyl (C=O) groups excluding carboxylic acids is 4. The summed E-state index contributed by atoms with van der Waals surface area (Å²) in [6.07, 6.45) is 2.63. The van der Waals surface area contributed by atoms with Gasteiger partial charge in [-0.05, 0) is 64.1 Å². The van der Waals surface area contributed by atoms with E-state index in [0.717, 1.165) is 0 Å². The lowest BCUT2D eigenvalue weighted by molar-refractivity contribution is -0.237. The van der Waals surface area contributed by atoms with Gasteiger partial charge in [0, 0.05) is 57.3 Å². The number of amides is 4. The predicted molar refractivity (Wildman–Crippen MR) is 241 cm³/mol. The van der Waals surface area contributed by atoms with Gasteiger partial charge in [0.05, 0.1) is 55.5 Å². The van der Waals surface area contributed by atoms with Gasteiger partial charge in [0.1, 0.15) is 40.0 Å². The van der Waals surface area contributed by atoms with Crippen molar-refractivity contribution in [3.05, 3.63) is 82.5 Å². The van der Waals surface area contributed by atoms with Gasteiger partial charge >= 0.3 is 0 Å². The summed E-state index contributed by atoms with van der Waals surface area (Å²) in [4.78, 5) is 61.9. The Labute approximate surface area is 378 Å². The summed E-state index contributed by atoms with van der Waals surface area (Å²) in [7, 11) is 2.96. The Morgan fingerprint density at radius 3 is 1.79 bits per heavy atom. The van der Waals surface area contributed by atoms with Gasteiger partial charge in [0.2, 0.25) is 23.7 Å². The number of aliphatic hydroxyl groups excluding tert-OH is 1. The summed E-state index contributed by atoms with van der Waals surface area (Å²) in [6, 6.07) is 9.42. The molecule has 3 atom stereocenters. The van der Waals surface area contributed by atoms with Crippen molar-refractivity contribution in [2.75, 3.05) is 44.7 Å². The average Bonchev–Trinajstić information content (AvgIpc) is 4.06. The molecule has 1 aliphatic rings. The number of nitrogens with one attached hydrogen (secondary N) is 2. The maximum Gasteiger partial charge on any atom is 0.276 e. The molecule has 3 unspecified atom stereocenters. The molecule has 0 bridgehead atoms. The fourth-order valence-electron chi connectivity index (χ4n) is 7.79. The normalized spacial score (nSPS) is 16.3. The first kappa shape index (κ1) is 46.8. The van der Waals surface area contributed by atoms with E-state index < -0.39 is 42.1 Å². The summed E-state index contributed by atoms with van der Waals surface area (Å²) in [6.45, 7) is 9.03. The van der Waals surface area contributed by atoms with Crippen LogP contribution in [0.2, 0.25) is 0 Å². The SMILES string of the molecule is CCn1nc(C)cc1C(=O)Nc1nc2cc(C(N)=O)cc(OC)c2n1C/C=C/Cn1c(NC(=O)c2cc(C)nn2CC)nc2cc(C(N)=O)cc(OCCCOC3CC(O)COC3OC)c21. The number of rotatable bonds is 20. The number of primary amides is 2. The van der Waals surface area contributed by atoms with E-state index in [1.54, 1.807) is 44.5 Å². The lowest BCUT2D eigenvalue weighted by Crippen LogP contribution is -2.43. The van der Waals surface area contributed by atoms with Gasteiger partial charge in [0.25, 0.3) is 11.8 Å². The monoisotopic (exact) mass is 910 g/mol. The van der Waals surface area contributed by atoms with Gasteiger partial charge in [-0.2, -0.15) is 10.2 Å². The van der Waals surface area contributed by atoms with E-state index >= 15 is 0 Å². The van der Waals surface area contributed by atoms with Crippen LogP contribution in [0, 0.1) is 13.8 Å². The van der Waals surface area contributed by atoms with E-state index in [0.29, 0.717) is 76.5 Å². The van der Waals surface area contributed by atoms with Crippen molar-refractivity contribution in [3.8, 4) is 11.5 Å². The van der Waals surface area contributed by atoms with Crippen LogP contribution >= 0.6 is 0 Å². The molecule has 66 heavy (non-hydrogen) atoms. The average molecular weight is 911 g/mol. The van der Waals surface area contributed by atoms with E-state index in [9.17, 15) is 24.3 Å². The number of benzene rings is 2. The molecule has 4 amide bonds. The predicted octanol–water partition coefficient (Wildman–Crippen LogP) is 3.31. The Hall–Kier alpha value is -7.14. The molecule has 1 aliphatic heterocycles. The number of fused-ring (bicyclic) bond motifs is 2. The number of imidazole rings is 2. The summed E-state index contributed by atoms with van der Waals surface area (Å²) < 4.78 is 35.5. The number of hydrogen-bond acceptors (Lipinski definition) is 14. The number of aromatic nitrogens is 8. The lowest BCUT2D eigenvalue weighted by atomic mass is 10.1. The van der Waals surface area contributed by atoms with Crippen molar-refractivity contribution < 1.29 is 48.0 Å². The van der Waals surface area contributed by atoms with Crippen LogP contribution in [0.4, 0.5) is 11.9 Å². The van der Waals surface area contributed by atoms with E-state index in [1.807, 2.05) is 26.0 Å². The summed E-state index contributed by atoms with van der Waals surface area (Å²) >= 11 is 0. The molecule has 22 nitrogen and oxygen atoms in total. The highest BCUT2D eigenvalue weighted by Crippen LogP contribution is 2.33. The highest BCUT2D eigenvalue weighted by molar-refractivity contribution is 6.05. The van der Waals surface area contributed by atoms with Gasteiger partial charge in [-0.1, -0.05) is 12.2 Å². The Balaban J connectivity index is 1.23. The fraction of sp³-hybridized carbons (Fsp3) is 0.409. The Morgan fingerprint density at radius 1 is 0.788 bits per heavy atom. The maximum absolute atomic E-state index is 13.9. The van der Waals surface area contributed by atoms with E-state index in [1.165, 1.54) is 38.5 Å². The number of nitrogens with two attached hydrogens (primary N) is 2. The number of aryl methyl sites for hydroxylation is 4. The van der Waals surface area contributed by atoms with Gasteiger partial charge in [0.15, 0.2) is 6.29 Å². The number of hydrogen-bond donors (Lipinski definition) is 5. The number of methoxy groups -OCH3 is 2. The van der Waals surface area contributed by atoms with Crippen molar-refractivity contribution in [2.24, 2.45) is 11.5 Å². The summed E-state index contributed by atoms with van der Waals surface area (Å²) in [5.41, 5.74) is 15.3. The number of nitrogens with zero attached hydrogens (tertiary/aromatic N) is 8. The molecular weight excluding hydrogens is 857 g/mol. The zero-order valence-corrected chi connectivity index (χ0v) is 37.6. The molecule has 350 valence electrons. The minimum atomic E-state index is -0.711. The van der Waals surface area contributed by atoms with Crippen LogP contribution in [0.25, 0.3) is 22.1 Å². The van der Waals surface area contributed by atoms with Crippen LogP contribution in [-0.4, -0.2) is 120 Å². The lowest BCUT2D eigenvalue weighted by Gasteiger charge is -2.33. The van der Waals surface area contributed by atoms with Crippen LogP contribution in [0.3, 0.4) is 0 Å². The molecular formula is C44H54N12O10. The second-order valence-corrected chi connectivity index (χ2v) is 15.5. The topological polar surface area (TPSA) is 282 Å². The minimum Gasteiger partial charge on any atom is -0.494 e. The first-order valence-electron chi connectivity index (χ1n) is 21.4. The minimum absolute atomic E-state index is 0.113.